The van der Waals surface area contributed by atoms with Gasteiger partial charge in [0, 0.05) is 11.6 Å². The van der Waals surface area contributed by atoms with E-state index in [0.29, 0.717) is 12.8 Å². The maximum atomic E-state index is 13.7. The molecule has 3 N–H and O–H groups in total. The molecular formula is C14H21ClF2N2O. The first-order valence-corrected chi connectivity index (χ1v) is 6.50. The summed E-state index contributed by atoms with van der Waals surface area (Å²) < 4.78 is 26.5. The van der Waals surface area contributed by atoms with E-state index >= 15 is 0 Å². The third-order valence-electron chi connectivity index (χ3n) is 3.00. The van der Waals surface area contributed by atoms with Crippen LogP contribution in [0, 0.1) is 11.6 Å². The summed E-state index contributed by atoms with van der Waals surface area (Å²) in [7, 11) is 0. The Hall–Kier alpha value is -1.20. The first-order chi connectivity index (χ1) is 8.99. The van der Waals surface area contributed by atoms with E-state index in [1.807, 2.05) is 13.8 Å². The van der Waals surface area contributed by atoms with Gasteiger partial charge in [-0.2, -0.15) is 0 Å². The van der Waals surface area contributed by atoms with E-state index in [-0.39, 0.29) is 23.9 Å². The van der Waals surface area contributed by atoms with Crippen molar-refractivity contribution >= 4 is 18.3 Å². The van der Waals surface area contributed by atoms with Gasteiger partial charge in [-0.3, -0.25) is 4.79 Å². The van der Waals surface area contributed by atoms with E-state index in [0.717, 1.165) is 12.5 Å². The molecule has 6 heteroatoms. The SMILES string of the molecule is CCCC(N)C(=O)NC(CC)c1ccc(F)cc1F.Cl. The molecule has 1 aromatic rings. The number of amides is 1. The molecule has 0 aliphatic heterocycles. The Morgan fingerprint density at radius 2 is 2.00 bits per heavy atom. The van der Waals surface area contributed by atoms with Crippen molar-refractivity contribution in [1.29, 1.82) is 0 Å². The third-order valence-corrected chi connectivity index (χ3v) is 3.00. The molecule has 0 spiro atoms. The fraction of sp³-hybridized carbons (Fsp3) is 0.500. The highest BCUT2D eigenvalue weighted by Crippen LogP contribution is 2.21. The lowest BCUT2D eigenvalue weighted by molar-refractivity contribution is -0.123. The Kier molecular flexibility index (Phi) is 8.34. The largest absolute Gasteiger partial charge is 0.348 e. The fourth-order valence-electron chi connectivity index (χ4n) is 1.90. The summed E-state index contributed by atoms with van der Waals surface area (Å²) >= 11 is 0. The molecule has 0 radical (unpaired) electrons. The van der Waals surface area contributed by atoms with Gasteiger partial charge in [-0.1, -0.05) is 26.3 Å². The number of hydrogen-bond donors (Lipinski definition) is 2. The number of nitrogens with one attached hydrogen (secondary N) is 1. The normalized spacial score (nSPS) is 13.2. The molecule has 0 aliphatic rings. The van der Waals surface area contributed by atoms with Crippen LogP contribution in [0.4, 0.5) is 8.78 Å². The van der Waals surface area contributed by atoms with E-state index in [1.165, 1.54) is 12.1 Å². The Morgan fingerprint density at radius 3 is 2.50 bits per heavy atom. The molecule has 3 nitrogen and oxygen atoms in total. The summed E-state index contributed by atoms with van der Waals surface area (Å²) in [6.07, 6.45) is 1.89. The van der Waals surface area contributed by atoms with Crippen molar-refractivity contribution in [2.75, 3.05) is 0 Å². The first-order valence-electron chi connectivity index (χ1n) is 6.50. The zero-order valence-corrected chi connectivity index (χ0v) is 12.5. The smallest absolute Gasteiger partial charge is 0.237 e. The zero-order chi connectivity index (χ0) is 14.4. The minimum absolute atomic E-state index is 0. The topological polar surface area (TPSA) is 55.1 Å². The number of hydrogen-bond acceptors (Lipinski definition) is 2. The number of halogens is 3. The van der Waals surface area contributed by atoms with Gasteiger partial charge in [-0.25, -0.2) is 8.78 Å². The second-order valence-corrected chi connectivity index (χ2v) is 4.53. The molecule has 0 aromatic heterocycles. The molecule has 2 atom stereocenters. The van der Waals surface area contributed by atoms with E-state index in [9.17, 15) is 13.6 Å². The van der Waals surface area contributed by atoms with Crippen LogP contribution in [0.25, 0.3) is 0 Å². The maximum Gasteiger partial charge on any atom is 0.237 e. The summed E-state index contributed by atoms with van der Waals surface area (Å²) in [5, 5.41) is 2.70. The Labute approximate surface area is 124 Å². The molecule has 114 valence electrons. The predicted octanol–water partition coefficient (Wildman–Crippen LogP) is 3.08. The van der Waals surface area contributed by atoms with Crippen LogP contribution in [0.1, 0.15) is 44.7 Å². The van der Waals surface area contributed by atoms with Gasteiger partial charge in [0.2, 0.25) is 5.91 Å². The summed E-state index contributed by atoms with van der Waals surface area (Å²) in [5.74, 6) is -1.60. The number of carbonyl (C=O) groups is 1. The molecule has 2 unspecified atom stereocenters. The number of carbonyl (C=O) groups excluding carboxylic acids is 1. The molecular weight excluding hydrogens is 286 g/mol. The molecule has 1 amide bonds. The lowest BCUT2D eigenvalue weighted by Crippen LogP contribution is -2.42. The number of benzene rings is 1. The fourth-order valence-corrected chi connectivity index (χ4v) is 1.90. The van der Waals surface area contributed by atoms with Gasteiger partial charge in [-0.15, -0.1) is 12.4 Å². The summed E-state index contributed by atoms with van der Waals surface area (Å²) in [6, 6.07) is 2.26. The van der Waals surface area contributed by atoms with Gasteiger partial charge in [0.05, 0.1) is 12.1 Å². The minimum atomic E-state index is -0.656. The van der Waals surface area contributed by atoms with E-state index in [2.05, 4.69) is 5.32 Å². The number of nitrogens with two attached hydrogens (primary N) is 1. The quantitative estimate of drug-likeness (QED) is 0.848. The predicted molar refractivity (Wildman–Crippen MR) is 77.7 cm³/mol. The van der Waals surface area contributed by atoms with Gasteiger partial charge in [0.15, 0.2) is 0 Å². The zero-order valence-electron chi connectivity index (χ0n) is 11.7. The van der Waals surface area contributed by atoms with Crippen LogP contribution >= 0.6 is 12.4 Å². The summed E-state index contributed by atoms with van der Waals surface area (Å²) in [4.78, 5) is 11.8. The molecule has 0 heterocycles. The third kappa shape index (κ3) is 5.06. The van der Waals surface area contributed by atoms with Gasteiger partial charge in [0.1, 0.15) is 11.6 Å². The molecule has 0 saturated carbocycles. The van der Waals surface area contributed by atoms with Crippen molar-refractivity contribution in [2.24, 2.45) is 5.73 Å². The second-order valence-electron chi connectivity index (χ2n) is 4.53. The Morgan fingerprint density at radius 1 is 1.35 bits per heavy atom. The van der Waals surface area contributed by atoms with Gasteiger partial charge >= 0.3 is 0 Å². The van der Waals surface area contributed by atoms with Crippen LogP contribution in [0.3, 0.4) is 0 Å². The standard InChI is InChI=1S/C14H20F2N2O.ClH/c1-3-5-12(17)14(19)18-13(4-2)10-7-6-9(15)8-11(10)16;/h6-8,12-13H,3-5,17H2,1-2H3,(H,18,19);1H. The van der Waals surface area contributed by atoms with Crippen LogP contribution in [0.5, 0.6) is 0 Å². The molecule has 1 rings (SSSR count). The molecule has 0 bridgehead atoms. The first kappa shape index (κ1) is 18.8. The summed E-state index contributed by atoms with van der Waals surface area (Å²) in [5.41, 5.74) is 5.98. The van der Waals surface area contributed by atoms with Gasteiger partial charge in [-0.05, 0) is 18.9 Å². The highest BCUT2D eigenvalue weighted by atomic mass is 35.5. The van der Waals surface area contributed by atoms with E-state index in [1.54, 1.807) is 0 Å². The molecule has 0 saturated heterocycles. The number of rotatable bonds is 6. The van der Waals surface area contributed by atoms with Crippen molar-refractivity contribution in [1.82, 2.24) is 5.32 Å². The van der Waals surface area contributed by atoms with Crippen LogP contribution in [-0.4, -0.2) is 11.9 Å². The van der Waals surface area contributed by atoms with Crippen LogP contribution in [-0.2, 0) is 4.79 Å². The second kappa shape index (κ2) is 8.87. The average Bonchev–Trinajstić information content (AvgIpc) is 2.36. The highest BCUT2D eigenvalue weighted by molar-refractivity contribution is 5.85. The molecule has 20 heavy (non-hydrogen) atoms. The molecule has 1 aromatic carbocycles. The highest BCUT2D eigenvalue weighted by Gasteiger charge is 2.20. The molecule has 0 fully saturated rings. The van der Waals surface area contributed by atoms with Crippen LogP contribution < -0.4 is 11.1 Å². The Bertz CT molecular complexity index is 443. The van der Waals surface area contributed by atoms with Crippen molar-refractivity contribution < 1.29 is 13.6 Å². The minimum Gasteiger partial charge on any atom is -0.348 e. The van der Waals surface area contributed by atoms with Crippen LogP contribution in [0.2, 0.25) is 0 Å². The summed E-state index contributed by atoms with van der Waals surface area (Å²) in [6.45, 7) is 3.75. The average molecular weight is 307 g/mol. The van der Waals surface area contributed by atoms with Gasteiger partial charge < -0.3 is 11.1 Å². The van der Waals surface area contributed by atoms with Crippen LogP contribution in [0.15, 0.2) is 18.2 Å². The lowest BCUT2D eigenvalue weighted by Gasteiger charge is -2.20. The monoisotopic (exact) mass is 306 g/mol. The van der Waals surface area contributed by atoms with E-state index in [4.69, 9.17) is 5.73 Å². The molecule has 0 aliphatic carbocycles. The van der Waals surface area contributed by atoms with Crippen molar-refractivity contribution in [2.45, 2.75) is 45.2 Å². The van der Waals surface area contributed by atoms with Crippen molar-refractivity contribution in [3.63, 3.8) is 0 Å². The van der Waals surface area contributed by atoms with E-state index < -0.39 is 23.7 Å². The van der Waals surface area contributed by atoms with Crippen molar-refractivity contribution in [3.8, 4) is 0 Å². The lowest BCUT2D eigenvalue weighted by atomic mass is 10.0. The van der Waals surface area contributed by atoms with Crippen molar-refractivity contribution in [3.05, 3.63) is 35.4 Å². The Balaban J connectivity index is 0.00000361. The maximum absolute atomic E-state index is 13.7. The van der Waals surface area contributed by atoms with Gasteiger partial charge in [0.25, 0.3) is 0 Å².